The summed E-state index contributed by atoms with van der Waals surface area (Å²) in [5.41, 5.74) is 6.81. The molecular weight excluding hydrogens is 686 g/mol. The van der Waals surface area contributed by atoms with E-state index in [2.05, 4.69) is 63.8 Å². The number of ether oxygens (including phenoxy) is 3. The topological polar surface area (TPSA) is 155 Å². The number of imidazole rings is 2. The average molecular weight is 736 g/mol. The second-order valence-corrected chi connectivity index (χ2v) is 14.8. The Labute approximate surface area is 315 Å². The van der Waals surface area contributed by atoms with E-state index in [0.29, 0.717) is 39.4 Å². The molecule has 4 aliphatic rings. The van der Waals surface area contributed by atoms with E-state index in [1.807, 2.05) is 16.0 Å². The van der Waals surface area contributed by atoms with E-state index in [-0.39, 0.29) is 29.8 Å². The lowest BCUT2D eigenvalue weighted by atomic mass is 9.98. The Morgan fingerprint density at radius 3 is 2.24 bits per heavy atom. The van der Waals surface area contributed by atoms with Crippen LogP contribution in [-0.2, 0) is 30.4 Å². The lowest BCUT2D eigenvalue weighted by Crippen LogP contribution is -2.48. The Morgan fingerprint density at radius 2 is 1.48 bits per heavy atom. The van der Waals surface area contributed by atoms with Crippen molar-refractivity contribution in [3.05, 3.63) is 72.1 Å². The molecule has 4 aliphatic heterocycles. The van der Waals surface area contributed by atoms with Crippen LogP contribution in [0.2, 0.25) is 0 Å². The number of hydrogen-bond donors (Lipinski definition) is 3. The zero-order valence-corrected chi connectivity index (χ0v) is 30.9. The van der Waals surface area contributed by atoms with Crippen molar-refractivity contribution in [2.45, 2.75) is 82.5 Å². The predicted molar refractivity (Wildman–Crippen MR) is 201 cm³/mol. The van der Waals surface area contributed by atoms with Crippen LogP contribution in [0.5, 0.6) is 0 Å². The third kappa shape index (κ3) is 7.52. The van der Waals surface area contributed by atoms with E-state index >= 15 is 0 Å². The molecule has 2 bridgehead atoms. The molecular formula is C41H49N7O6. The number of methoxy groups -OCH3 is 1. The van der Waals surface area contributed by atoms with Gasteiger partial charge in [0.2, 0.25) is 11.8 Å². The number of H-pyrrole nitrogens is 2. The molecule has 3 amide bonds. The van der Waals surface area contributed by atoms with Crippen molar-refractivity contribution in [1.82, 2.24) is 35.1 Å². The molecule has 3 saturated heterocycles. The second-order valence-electron chi connectivity index (χ2n) is 14.8. The first-order valence-electron chi connectivity index (χ1n) is 19.4. The van der Waals surface area contributed by atoms with Gasteiger partial charge in [-0.3, -0.25) is 9.59 Å². The van der Waals surface area contributed by atoms with E-state index in [1.54, 1.807) is 0 Å². The maximum Gasteiger partial charge on any atom is 0.407 e. The molecule has 13 heteroatoms. The molecule has 2 aromatic heterocycles. The van der Waals surface area contributed by atoms with Crippen LogP contribution in [0.3, 0.4) is 0 Å². The summed E-state index contributed by atoms with van der Waals surface area (Å²) in [6.07, 6.45) is 8.42. The molecule has 0 unspecified atom stereocenters. The molecule has 0 aliphatic carbocycles. The highest BCUT2D eigenvalue weighted by atomic mass is 16.5. The number of aromatic nitrogens is 4. The Kier molecular flexibility index (Phi) is 10.8. The summed E-state index contributed by atoms with van der Waals surface area (Å²) in [4.78, 5) is 59.9. The molecule has 13 nitrogen and oxygen atoms in total. The molecule has 0 spiro atoms. The zero-order valence-electron chi connectivity index (χ0n) is 30.9. The number of nitrogens with zero attached hydrogens (tertiary/aromatic N) is 4. The number of amides is 3. The summed E-state index contributed by atoms with van der Waals surface area (Å²) in [5.74, 6) is 1.76. The highest BCUT2D eigenvalue weighted by molar-refractivity contribution is 5.86. The van der Waals surface area contributed by atoms with Gasteiger partial charge in [0, 0.05) is 44.4 Å². The summed E-state index contributed by atoms with van der Waals surface area (Å²) >= 11 is 0. The summed E-state index contributed by atoms with van der Waals surface area (Å²) in [5, 5.41) is 2.75. The highest BCUT2D eigenvalue weighted by Gasteiger charge is 2.38. The number of rotatable bonds is 6. The van der Waals surface area contributed by atoms with Crippen LogP contribution in [0.1, 0.15) is 87.2 Å². The first-order valence-corrected chi connectivity index (χ1v) is 19.4. The zero-order chi connectivity index (χ0) is 37.0. The van der Waals surface area contributed by atoms with Crippen LogP contribution < -0.4 is 5.32 Å². The van der Waals surface area contributed by atoms with Crippen molar-refractivity contribution in [2.24, 2.45) is 5.92 Å². The monoisotopic (exact) mass is 735 g/mol. The molecule has 8 rings (SSSR count). The molecule has 2 aromatic carbocycles. The summed E-state index contributed by atoms with van der Waals surface area (Å²) < 4.78 is 16.4. The number of carbonyl (C=O) groups excluding carboxylic acids is 3. The van der Waals surface area contributed by atoms with Gasteiger partial charge in [-0.2, -0.15) is 0 Å². The first kappa shape index (κ1) is 36.0. The number of carbonyl (C=O) groups is 3. The molecule has 6 heterocycles. The highest BCUT2D eigenvalue weighted by Crippen LogP contribution is 2.37. The average Bonchev–Trinajstić information content (AvgIpc) is 4.05. The molecule has 0 radical (unpaired) electrons. The Morgan fingerprint density at radius 1 is 0.778 bits per heavy atom. The van der Waals surface area contributed by atoms with Gasteiger partial charge < -0.3 is 39.3 Å². The molecule has 3 fully saturated rings. The number of nitrogens with one attached hydrogen (secondary N) is 3. The fraction of sp³-hybridized carbons (Fsp3) is 0.488. The van der Waals surface area contributed by atoms with Crippen molar-refractivity contribution in [3.8, 4) is 33.6 Å². The molecule has 54 heavy (non-hydrogen) atoms. The van der Waals surface area contributed by atoms with E-state index in [4.69, 9.17) is 24.2 Å². The normalized spacial score (nSPS) is 22.6. The van der Waals surface area contributed by atoms with Crippen molar-refractivity contribution >= 4 is 17.9 Å². The molecule has 284 valence electrons. The van der Waals surface area contributed by atoms with Crippen LogP contribution in [0, 0.1) is 5.92 Å². The van der Waals surface area contributed by atoms with Gasteiger partial charge in [-0.15, -0.1) is 0 Å². The molecule has 3 N–H and O–H groups in total. The molecule has 0 saturated carbocycles. The van der Waals surface area contributed by atoms with Gasteiger partial charge >= 0.3 is 6.09 Å². The summed E-state index contributed by atoms with van der Waals surface area (Å²) in [6, 6.07) is 15.9. The number of likely N-dealkylation sites (tertiary alicyclic amines) is 1. The smallest absolute Gasteiger partial charge is 0.407 e. The van der Waals surface area contributed by atoms with Gasteiger partial charge in [0.05, 0.1) is 49.1 Å². The van der Waals surface area contributed by atoms with Crippen LogP contribution >= 0.6 is 0 Å². The summed E-state index contributed by atoms with van der Waals surface area (Å²) in [6.45, 7) is 3.62. The van der Waals surface area contributed by atoms with Crippen LogP contribution in [0.15, 0.2) is 54.7 Å². The maximum absolute atomic E-state index is 13.7. The van der Waals surface area contributed by atoms with Gasteiger partial charge in [0.25, 0.3) is 0 Å². The first-order chi connectivity index (χ1) is 26.5. The van der Waals surface area contributed by atoms with Crippen LogP contribution in [-0.4, -0.2) is 93.7 Å². The van der Waals surface area contributed by atoms with Gasteiger partial charge in [-0.25, -0.2) is 14.8 Å². The second kappa shape index (κ2) is 16.2. The number of fused-ring (bicyclic) bond motifs is 4. The van der Waals surface area contributed by atoms with Crippen molar-refractivity contribution in [3.63, 3.8) is 0 Å². The largest absolute Gasteiger partial charge is 0.453 e. The minimum Gasteiger partial charge on any atom is -0.453 e. The molecule has 4 aromatic rings. The van der Waals surface area contributed by atoms with Gasteiger partial charge in [-0.05, 0) is 74.5 Å². The number of benzene rings is 2. The number of hydrogen-bond acceptors (Lipinski definition) is 8. The van der Waals surface area contributed by atoms with Crippen LogP contribution in [0.25, 0.3) is 33.6 Å². The Bertz CT molecular complexity index is 1930. The SMILES string of the molecule is COC(=O)N[C@H]1CCCCOCc2[nH]c(nc2-c2ccc(-c3ccc(-c4cnc([C@@H]5CCCN5C(=O)C5CCOCC5)[nH]4)cc3)cc2)[C@@H]2CCCN2C1=O. The van der Waals surface area contributed by atoms with Gasteiger partial charge in [-0.1, -0.05) is 48.5 Å². The van der Waals surface area contributed by atoms with Crippen LogP contribution in [0.4, 0.5) is 4.79 Å². The number of aromatic amines is 2. The van der Waals surface area contributed by atoms with Gasteiger partial charge in [0.1, 0.15) is 17.7 Å². The lowest BCUT2D eigenvalue weighted by molar-refractivity contribution is -0.139. The Balaban J connectivity index is 0.971. The lowest BCUT2D eigenvalue weighted by Gasteiger charge is -2.29. The standard InChI is InChI=1S/C41H49N7O6/c1-52-41(51)45-31-6-2-3-21-54-25-33-36(46-38(44-33)35-8-5-20-48(35)40(31)50)29-15-11-27(12-16-29)26-9-13-28(14-10-26)32-24-42-37(43-32)34-7-4-19-47(34)39(49)30-17-22-53-23-18-30/h9-16,24,30-31,34-35H,2-8,17-23,25H2,1H3,(H,42,43)(H,44,46)(H,45,51)/t31-,34-,35-/m0/s1. The minimum atomic E-state index is -0.659. The fourth-order valence-corrected chi connectivity index (χ4v) is 8.44. The van der Waals surface area contributed by atoms with Crippen molar-refractivity contribution in [2.75, 3.05) is 40.0 Å². The summed E-state index contributed by atoms with van der Waals surface area (Å²) in [7, 11) is 1.31. The third-order valence-electron chi connectivity index (χ3n) is 11.4. The van der Waals surface area contributed by atoms with Gasteiger partial charge in [0.15, 0.2) is 0 Å². The third-order valence-corrected chi connectivity index (χ3v) is 11.4. The van der Waals surface area contributed by atoms with Crippen molar-refractivity contribution in [1.29, 1.82) is 0 Å². The van der Waals surface area contributed by atoms with E-state index in [0.717, 1.165) is 109 Å². The Hall–Kier alpha value is -5.01. The van der Waals surface area contributed by atoms with E-state index in [9.17, 15) is 14.4 Å². The molecule has 3 atom stereocenters. The quantitative estimate of drug-likeness (QED) is 0.208. The van der Waals surface area contributed by atoms with Crippen molar-refractivity contribution < 1.29 is 28.6 Å². The maximum atomic E-state index is 13.7. The van der Waals surface area contributed by atoms with E-state index in [1.165, 1.54) is 7.11 Å². The predicted octanol–water partition coefficient (Wildman–Crippen LogP) is 6.31. The number of alkyl carbamates (subject to hydrolysis) is 1. The fourth-order valence-electron chi connectivity index (χ4n) is 8.44. The minimum absolute atomic E-state index is 0.0160. The van der Waals surface area contributed by atoms with E-state index < -0.39 is 12.1 Å².